The summed E-state index contributed by atoms with van der Waals surface area (Å²) in [7, 11) is 0. The molecule has 5 rings (SSSR count). The first-order chi connectivity index (χ1) is 14.6. The van der Waals surface area contributed by atoms with Crippen LogP contribution in [0, 0.1) is 17.2 Å². The van der Waals surface area contributed by atoms with E-state index in [1.54, 1.807) is 0 Å². The van der Waals surface area contributed by atoms with Crippen LogP contribution in [-0.4, -0.2) is 29.9 Å². The van der Waals surface area contributed by atoms with E-state index in [1.165, 1.54) is 0 Å². The summed E-state index contributed by atoms with van der Waals surface area (Å²) in [6, 6.07) is 15.9. The fourth-order valence-electron chi connectivity index (χ4n) is 5.02. The Labute approximate surface area is 175 Å². The van der Waals surface area contributed by atoms with E-state index in [0.29, 0.717) is 24.9 Å². The summed E-state index contributed by atoms with van der Waals surface area (Å²) in [5.41, 5.74) is 4.88. The van der Waals surface area contributed by atoms with Gasteiger partial charge in [-0.05, 0) is 59.6 Å². The lowest BCUT2D eigenvalue weighted by molar-refractivity contribution is -0.124. The monoisotopic (exact) mass is 400 g/mol. The van der Waals surface area contributed by atoms with Gasteiger partial charge in [-0.15, -0.1) is 0 Å². The molecule has 2 bridgehead atoms. The first-order valence-electron chi connectivity index (χ1n) is 10.6. The number of piperidine rings is 1. The van der Waals surface area contributed by atoms with Crippen LogP contribution in [0.3, 0.4) is 0 Å². The number of benzene rings is 2. The summed E-state index contributed by atoms with van der Waals surface area (Å²) in [5.74, 6) is 0.343. The van der Waals surface area contributed by atoms with Crippen LogP contribution in [0.15, 0.2) is 42.5 Å². The van der Waals surface area contributed by atoms with E-state index in [0.717, 1.165) is 47.1 Å². The Morgan fingerprint density at radius 2 is 1.97 bits per heavy atom. The Hall–Kier alpha value is -3.17. The minimum atomic E-state index is -0.540. The largest absolute Gasteiger partial charge is 0.348 e. The smallest absolute Gasteiger partial charge is 0.251 e. The molecule has 0 radical (unpaired) electrons. The van der Waals surface area contributed by atoms with E-state index in [1.807, 2.05) is 42.5 Å². The van der Waals surface area contributed by atoms with Crippen LogP contribution < -0.4 is 16.0 Å². The molecule has 4 atom stereocenters. The maximum atomic E-state index is 12.6. The minimum absolute atomic E-state index is 0.0166. The molecule has 3 N–H and O–H groups in total. The molecule has 3 aliphatic rings. The lowest BCUT2D eigenvalue weighted by Gasteiger charge is -2.23. The van der Waals surface area contributed by atoms with Crippen LogP contribution in [-0.2, 0) is 17.8 Å². The highest BCUT2D eigenvalue weighted by atomic mass is 16.2. The fourth-order valence-corrected chi connectivity index (χ4v) is 5.02. The number of nitrogens with zero attached hydrogens (tertiary/aromatic N) is 1. The van der Waals surface area contributed by atoms with Gasteiger partial charge in [-0.3, -0.25) is 9.59 Å². The van der Waals surface area contributed by atoms with Crippen molar-refractivity contribution in [3.05, 3.63) is 59.2 Å². The van der Waals surface area contributed by atoms with Crippen molar-refractivity contribution in [2.75, 3.05) is 0 Å². The van der Waals surface area contributed by atoms with Crippen molar-refractivity contribution in [3.8, 4) is 17.2 Å². The van der Waals surface area contributed by atoms with Gasteiger partial charge in [-0.2, -0.15) is 5.26 Å². The maximum Gasteiger partial charge on any atom is 0.251 e. The zero-order chi connectivity index (χ0) is 20.7. The topological polar surface area (TPSA) is 94.0 Å². The van der Waals surface area contributed by atoms with Gasteiger partial charge in [0.1, 0.15) is 6.04 Å². The minimum Gasteiger partial charge on any atom is -0.348 e. The highest BCUT2D eigenvalue weighted by Crippen LogP contribution is 2.35. The predicted molar refractivity (Wildman–Crippen MR) is 112 cm³/mol. The molecule has 2 aromatic rings. The van der Waals surface area contributed by atoms with Crippen LogP contribution in [0.5, 0.6) is 0 Å². The first-order valence-corrected chi connectivity index (χ1v) is 10.6. The number of carbonyl (C=O) groups excluding carboxylic acids is 2. The number of carbonyl (C=O) groups is 2. The molecule has 30 heavy (non-hydrogen) atoms. The number of hydrogen-bond acceptors (Lipinski definition) is 4. The molecule has 1 saturated heterocycles. The molecular weight excluding hydrogens is 376 g/mol. The molecule has 2 fully saturated rings. The summed E-state index contributed by atoms with van der Waals surface area (Å²) in [5, 5.41) is 18.7. The Bertz CT molecular complexity index is 1040. The van der Waals surface area contributed by atoms with E-state index in [2.05, 4.69) is 22.0 Å². The van der Waals surface area contributed by atoms with Gasteiger partial charge in [0, 0.05) is 24.6 Å². The van der Waals surface area contributed by atoms with Gasteiger partial charge in [-0.1, -0.05) is 30.3 Å². The molecule has 2 heterocycles. The summed E-state index contributed by atoms with van der Waals surface area (Å²) in [4.78, 5) is 24.3. The molecule has 2 amide bonds. The van der Waals surface area contributed by atoms with Gasteiger partial charge in [0.2, 0.25) is 5.91 Å². The second-order valence-electron chi connectivity index (χ2n) is 8.56. The van der Waals surface area contributed by atoms with Crippen molar-refractivity contribution < 1.29 is 9.59 Å². The average Bonchev–Trinajstić information content (AvgIpc) is 3.50. The van der Waals surface area contributed by atoms with Crippen LogP contribution in [0.25, 0.3) is 11.1 Å². The van der Waals surface area contributed by atoms with E-state index in [-0.39, 0.29) is 17.9 Å². The zero-order valence-electron chi connectivity index (χ0n) is 16.7. The number of nitrogens with one attached hydrogen (secondary N) is 3. The number of amides is 2. The van der Waals surface area contributed by atoms with Crippen LogP contribution in [0.1, 0.15) is 40.7 Å². The maximum absolute atomic E-state index is 12.6. The molecule has 1 aliphatic carbocycles. The average molecular weight is 400 g/mol. The predicted octanol–water partition coefficient (Wildman–Crippen LogP) is 2.29. The van der Waals surface area contributed by atoms with Gasteiger partial charge in [-0.25, -0.2) is 0 Å². The molecule has 0 unspecified atom stereocenters. The highest BCUT2D eigenvalue weighted by Gasteiger charge is 2.43. The standard InChI is InChI=1S/C24H24N4O2/c25-12-20(28-24(30)22-17-5-7-19(11-17)27-22)9-14-1-3-15(4-2-14)16-6-8-21-18(10-16)13-26-23(21)29/h1-4,6,8,10,17,19-20,22,27H,5,7,9,11,13H2,(H,26,29)(H,28,30)/t17-,19-,20-,22-/m0/s1. The van der Waals surface area contributed by atoms with Gasteiger partial charge < -0.3 is 16.0 Å². The number of rotatable bonds is 5. The molecular formula is C24H24N4O2. The molecule has 2 aliphatic heterocycles. The molecule has 1 saturated carbocycles. The third-order valence-corrected chi connectivity index (χ3v) is 6.63. The third kappa shape index (κ3) is 3.46. The Morgan fingerprint density at radius 3 is 2.67 bits per heavy atom. The Balaban J connectivity index is 1.23. The van der Waals surface area contributed by atoms with E-state index >= 15 is 0 Å². The molecule has 6 heteroatoms. The van der Waals surface area contributed by atoms with Crippen molar-refractivity contribution in [2.45, 2.75) is 50.4 Å². The molecule has 6 nitrogen and oxygen atoms in total. The summed E-state index contributed by atoms with van der Waals surface area (Å²) in [6.45, 7) is 0.571. The van der Waals surface area contributed by atoms with E-state index in [9.17, 15) is 14.9 Å². The van der Waals surface area contributed by atoms with Crippen molar-refractivity contribution >= 4 is 11.8 Å². The highest BCUT2D eigenvalue weighted by molar-refractivity contribution is 5.98. The lowest BCUT2D eigenvalue weighted by atomic mass is 9.97. The van der Waals surface area contributed by atoms with Crippen molar-refractivity contribution in [2.24, 2.45) is 5.92 Å². The molecule has 0 aromatic heterocycles. The third-order valence-electron chi connectivity index (χ3n) is 6.63. The normalized spacial score (nSPS) is 24.8. The fraction of sp³-hybridized carbons (Fsp3) is 0.375. The van der Waals surface area contributed by atoms with E-state index < -0.39 is 6.04 Å². The summed E-state index contributed by atoms with van der Waals surface area (Å²) >= 11 is 0. The second kappa shape index (κ2) is 7.58. The van der Waals surface area contributed by atoms with Gasteiger partial charge in [0.15, 0.2) is 0 Å². The van der Waals surface area contributed by atoms with Crippen molar-refractivity contribution in [1.82, 2.24) is 16.0 Å². The van der Waals surface area contributed by atoms with Gasteiger partial charge in [0.05, 0.1) is 12.1 Å². The van der Waals surface area contributed by atoms with Crippen LogP contribution in [0.2, 0.25) is 0 Å². The second-order valence-corrected chi connectivity index (χ2v) is 8.56. The van der Waals surface area contributed by atoms with Crippen LogP contribution in [0.4, 0.5) is 0 Å². The number of nitriles is 1. The molecule has 0 spiro atoms. The van der Waals surface area contributed by atoms with Gasteiger partial charge in [0.25, 0.3) is 5.91 Å². The van der Waals surface area contributed by atoms with Crippen LogP contribution >= 0.6 is 0 Å². The first kappa shape index (κ1) is 18.8. The molecule has 152 valence electrons. The number of fused-ring (bicyclic) bond motifs is 3. The lowest BCUT2D eigenvalue weighted by Crippen LogP contribution is -2.50. The summed E-state index contributed by atoms with van der Waals surface area (Å²) in [6.07, 6.45) is 3.80. The Kier molecular flexibility index (Phi) is 4.76. The van der Waals surface area contributed by atoms with E-state index in [4.69, 9.17) is 0 Å². The number of hydrogen-bond donors (Lipinski definition) is 3. The zero-order valence-corrected chi connectivity index (χ0v) is 16.7. The quantitative estimate of drug-likeness (QED) is 0.718. The van der Waals surface area contributed by atoms with Gasteiger partial charge >= 0.3 is 0 Å². The summed E-state index contributed by atoms with van der Waals surface area (Å²) < 4.78 is 0. The Morgan fingerprint density at radius 1 is 1.17 bits per heavy atom. The van der Waals surface area contributed by atoms with Crippen molar-refractivity contribution in [3.63, 3.8) is 0 Å². The molecule has 2 aromatic carbocycles. The SMILES string of the molecule is N#C[C@H](Cc1ccc(-c2ccc3c(c2)CNC3=O)cc1)NC(=O)[C@H]1N[C@H]2CC[C@H]1C2. The van der Waals surface area contributed by atoms with Crippen molar-refractivity contribution in [1.29, 1.82) is 5.26 Å².